The molecule has 0 amide bonds. The molecule has 0 fully saturated rings. The summed E-state index contributed by atoms with van der Waals surface area (Å²) in [6.45, 7) is 12.0. The van der Waals surface area contributed by atoms with Gasteiger partial charge >= 0.3 is 0 Å². The number of rotatable bonds is 3. The molecule has 0 aromatic heterocycles. The van der Waals surface area contributed by atoms with E-state index in [9.17, 15) is 8.78 Å². The van der Waals surface area contributed by atoms with E-state index in [0.717, 1.165) is 46.5 Å². The lowest BCUT2D eigenvalue weighted by molar-refractivity contribution is 0.374. The lowest BCUT2D eigenvalue weighted by Crippen LogP contribution is -2.29. The maximum atomic E-state index is 14.7. The molecule has 2 nitrogen and oxygen atoms in total. The number of allylic oxidation sites excluding steroid dienone is 1. The zero-order valence-corrected chi connectivity index (χ0v) is 17.5. The minimum Gasteiger partial charge on any atom is -0.377 e. The van der Waals surface area contributed by atoms with Gasteiger partial charge in [0.05, 0.1) is 11.7 Å². The molecule has 29 heavy (non-hydrogen) atoms. The van der Waals surface area contributed by atoms with Gasteiger partial charge in [0.1, 0.15) is 11.6 Å². The molecule has 1 aliphatic heterocycles. The van der Waals surface area contributed by atoms with Crippen LogP contribution in [-0.2, 0) is 0 Å². The number of hydrogen-bond acceptors (Lipinski definition) is 2. The van der Waals surface area contributed by atoms with Gasteiger partial charge in [0.2, 0.25) is 0 Å². The third-order valence-electron chi connectivity index (χ3n) is 6.43. The number of anilines is 2. The number of aryl methyl sites for hydroxylation is 1. The van der Waals surface area contributed by atoms with Crippen LogP contribution in [0, 0.1) is 31.4 Å². The molecule has 0 radical (unpaired) electrons. The Morgan fingerprint density at radius 2 is 1.93 bits per heavy atom. The normalized spacial score (nSPS) is 22.7. The second-order valence-electron chi connectivity index (χ2n) is 8.47. The second kappa shape index (κ2) is 7.33. The van der Waals surface area contributed by atoms with Crippen molar-refractivity contribution in [3.63, 3.8) is 0 Å². The molecular weight excluding hydrogens is 366 g/mol. The number of halogens is 2. The standard InChI is InChI=1S/C25H28F2N2/c1-6-17-9-14(3)25(20-10-13(2)24(27)16(5)23(17)20)29-22-12-18(26)11-21-19(22)8-7-15(4)28-21/h7-8,10-12,14,17,25,28-29H,4,6,9H2,1-3,5H3. The van der Waals surface area contributed by atoms with Gasteiger partial charge in [-0.05, 0) is 85.1 Å². The van der Waals surface area contributed by atoms with Crippen LogP contribution in [0.2, 0.25) is 0 Å². The third-order valence-corrected chi connectivity index (χ3v) is 6.43. The van der Waals surface area contributed by atoms with E-state index < -0.39 is 0 Å². The Balaban J connectivity index is 1.82. The summed E-state index contributed by atoms with van der Waals surface area (Å²) < 4.78 is 29.0. The fourth-order valence-corrected chi connectivity index (χ4v) is 4.99. The van der Waals surface area contributed by atoms with Crippen LogP contribution in [0.1, 0.15) is 66.5 Å². The second-order valence-corrected chi connectivity index (χ2v) is 8.47. The predicted molar refractivity (Wildman–Crippen MR) is 117 cm³/mol. The summed E-state index contributed by atoms with van der Waals surface area (Å²) in [7, 11) is 0. The van der Waals surface area contributed by atoms with Gasteiger partial charge in [0.25, 0.3) is 0 Å². The van der Waals surface area contributed by atoms with Gasteiger partial charge in [0.15, 0.2) is 0 Å². The maximum Gasteiger partial charge on any atom is 0.129 e. The van der Waals surface area contributed by atoms with Crippen molar-refractivity contribution < 1.29 is 8.78 Å². The van der Waals surface area contributed by atoms with Crippen LogP contribution in [0.3, 0.4) is 0 Å². The third kappa shape index (κ3) is 3.35. The molecule has 152 valence electrons. The number of fused-ring (bicyclic) bond motifs is 2. The lowest BCUT2D eigenvalue weighted by Gasteiger charge is -2.39. The Bertz CT molecular complexity index is 1020. The lowest BCUT2D eigenvalue weighted by atomic mass is 9.71. The Kier molecular flexibility index (Phi) is 4.97. The highest BCUT2D eigenvalue weighted by molar-refractivity contribution is 5.83. The first-order chi connectivity index (χ1) is 13.8. The summed E-state index contributed by atoms with van der Waals surface area (Å²) in [6.07, 6.45) is 5.81. The average molecular weight is 395 g/mol. The van der Waals surface area contributed by atoms with Crippen LogP contribution in [0.4, 0.5) is 20.2 Å². The molecule has 0 saturated heterocycles. The molecule has 3 unspecified atom stereocenters. The molecule has 2 aromatic rings. The Morgan fingerprint density at radius 3 is 2.66 bits per heavy atom. The van der Waals surface area contributed by atoms with Crippen LogP contribution in [-0.4, -0.2) is 0 Å². The fourth-order valence-electron chi connectivity index (χ4n) is 4.99. The SMILES string of the molecule is C=C1C=Cc2c(cc(F)cc2NC2c3cc(C)c(F)c(C)c3C(CC)CC2C)N1. The summed E-state index contributed by atoms with van der Waals surface area (Å²) >= 11 is 0. The summed E-state index contributed by atoms with van der Waals surface area (Å²) in [5.41, 5.74) is 6.79. The van der Waals surface area contributed by atoms with Crippen molar-refractivity contribution in [1.82, 2.24) is 0 Å². The van der Waals surface area contributed by atoms with Crippen LogP contribution >= 0.6 is 0 Å². The Hall–Kier alpha value is -2.62. The molecule has 0 bridgehead atoms. The molecule has 2 aliphatic rings. The van der Waals surface area contributed by atoms with Crippen molar-refractivity contribution in [2.24, 2.45) is 5.92 Å². The maximum absolute atomic E-state index is 14.7. The average Bonchev–Trinajstić information content (AvgIpc) is 2.67. The molecule has 2 aromatic carbocycles. The first-order valence-corrected chi connectivity index (χ1v) is 10.3. The Morgan fingerprint density at radius 1 is 1.17 bits per heavy atom. The molecule has 2 N–H and O–H groups in total. The summed E-state index contributed by atoms with van der Waals surface area (Å²) in [6, 6.07) is 5.01. The number of hydrogen-bond donors (Lipinski definition) is 2. The van der Waals surface area contributed by atoms with E-state index in [4.69, 9.17) is 0 Å². The highest BCUT2D eigenvalue weighted by atomic mass is 19.1. The van der Waals surface area contributed by atoms with E-state index in [2.05, 4.69) is 31.1 Å². The predicted octanol–water partition coefficient (Wildman–Crippen LogP) is 7.22. The number of benzene rings is 2. The van der Waals surface area contributed by atoms with Crippen LogP contribution < -0.4 is 10.6 Å². The van der Waals surface area contributed by atoms with Crippen LogP contribution in [0.25, 0.3) is 6.08 Å². The van der Waals surface area contributed by atoms with Gasteiger partial charge < -0.3 is 10.6 Å². The van der Waals surface area contributed by atoms with Gasteiger partial charge in [0, 0.05) is 16.9 Å². The van der Waals surface area contributed by atoms with E-state index in [-0.39, 0.29) is 17.7 Å². The van der Waals surface area contributed by atoms with Crippen molar-refractivity contribution in [3.05, 3.63) is 76.0 Å². The van der Waals surface area contributed by atoms with Crippen LogP contribution in [0.5, 0.6) is 0 Å². The molecule has 0 spiro atoms. The van der Waals surface area contributed by atoms with E-state index in [1.54, 1.807) is 6.07 Å². The minimum absolute atomic E-state index is 0.00442. The topological polar surface area (TPSA) is 24.1 Å². The van der Waals surface area contributed by atoms with Gasteiger partial charge in [-0.2, -0.15) is 0 Å². The highest BCUT2D eigenvalue weighted by Crippen LogP contribution is 2.47. The zero-order chi connectivity index (χ0) is 20.9. The molecule has 4 heteroatoms. The van der Waals surface area contributed by atoms with Crippen molar-refractivity contribution in [3.8, 4) is 0 Å². The van der Waals surface area contributed by atoms with Gasteiger partial charge in [-0.1, -0.05) is 26.5 Å². The molecule has 0 saturated carbocycles. The zero-order valence-electron chi connectivity index (χ0n) is 17.5. The molecular formula is C25H28F2N2. The van der Waals surface area contributed by atoms with Crippen molar-refractivity contribution >= 4 is 17.5 Å². The quantitative estimate of drug-likeness (QED) is 0.574. The van der Waals surface area contributed by atoms with Gasteiger partial charge in [-0.15, -0.1) is 0 Å². The van der Waals surface area contributed by atoms with Crippen LogP contribution in [0.15, 0.2) is 36.6 Å². The van der Waals surface area contributed by atoms with Gasteiger partial charge in [-0.3, -0.25) is 0 Å². The summed E-state index contributed by atoms with van der Waals surface area (Å²) in [5.74, 6) is 0.276. The summed E-state index contributed by atoms with van der Waals surface area (Å²) in [4.78, 5) is 0. The molecule has 1 heterocycles. The highest BCUT2D eigenvalue weighted by Gasteiger charge is 2.34. The van der Waals surface area contributed by atoms with Crippen molar-refractivity contribution in [2.75, 3.05) is 10.6 Å². The van der Waals surface area contributed by atoms with E-state index in [1.165, 1.54) is 6.07 Å². The number of nitrogens with one attached hydrogen (secondary N) is 2. The molecule has 4 rings (SSSR count). The van der Waals surface area contributed by atoms with Gasteiger partial charge in [-0.25, -0.2) is 8.78 Å². The van der Waals surface area contributed by atoms with Crippen molar-refractivity contribution in [1.29, 1.82) is 0 Å². The molecule has 1 aliphatic carbocycles. The molecule has 3 atom stereocenters. The minimum atomic E-state index is -0.302. The van der Waals surface area contributed by atoms with E-state index in [0.29, 0.717) is 23.1 Å². The monoisotopic (exact) mass is 394 g/mol. The summed E-state index contributed by atoms with van der Waals surface area (Å²) in [5, 5.41) is 6.75. The first-order valence-electron chi connectivity index (χ1n) is 10.3. The van der Waals surface area contributed by atoms with E-state index >= 15 is 0 Å². The van der Waals surface area contributed by atoms with Crippen molar-refractivity contribution in [2.45, 2.75) is 52.5 Å². The Labute approximate surface area is 171 Å². The first kappa shape index (κ1) is 19.7. The largest absolute Gasteiger partial charge is 0.377 e. The smallest absolute Gasteiger partial charge is 0.129 e. The van der Waals surface area contributed by atoms with E-state index in [1.807, 2.05) is 32.1 Å². The fraction of sp³-hybridized carbons (Fsp3) is 0.360.